The summed E-state index contributed by atoms with van der Waals surface area (Å²) in [5.74, 6) is -1.13. The summed E-state index contributed by atoms with van der Waals surface area (Å²) < 4.78 is 66.3. The third-order valence-corrected chi connectivity index (χ3v) is 7.31. The molecule has 0 unspecified atom stereocenters. The third kappa shape index (κ3) is 7.78. The van der Waals surface area contributed by atoms with Gasteiger partial charge >= 0.3 is 12.4 Å². The number of carbonyl (C=O) groups excluding carboxylic acids is 2. The van der Waals surface area contributed by atoms with Crippen molar-refractivity contribution in [1.82, 2.24) is 20.6 Å². The predicted molar refractivity (Wildman–Crippen MR) is 141 cm³/mol. The predicted octanol–water partition coefficient (Wildman–Crippen LogP) is 4.38. The number of hydrogen-bond acceptors (Lipinski definition) is 8. The maximum atomic E-state index is 13.4. The van der Waals surface area contributed by atoms with Crippen LogP contribution in [0.5, 0.6) is 5.75 Å². The normalized spacial score (nSPS) is 11.5. The van der Waals surface area contributed by atoms with Crippen molar-refractivity contribution >= 4 is 39.1 Å². The SMILES string of the molecule is CCS(=O)(=O)c1cccc(NC(=O)N(Cc2ccc(C(=O)Nc3nn[nH]n3)cc2)c2ccc(OC(F)(F)F)cc2)c1. The Labute approximate surface area is 231 Å². The number of nitrogens with zero attached hydrogens (tertiary/aromatic N) is 4. The van der Waals surface area contributed by atoms with Gasteiger partial charge in [-0.15, -0.1) is 18.3 Å². The van der Waals surface area contributed by atoms with Gasteiger partial charge in [0.15, 0.2) is 9.84 Å². The van der Waals surface area contributed by atoms with Crippen LogP contribution in [-0.4, -0.2) is 53.1 Å². The minimum Gasteiger partial charge on any atom is -0.406 e. The lowest BCUT2D eigenvalue weighted by molar-refractivity contribution is -0.274. The number of alkyl halides is 3. The van der Waals surface area contributed by atoms with Crippen molar-refractivity contribution in [1.29, 1.82) is 0 Å². The largest absolute Gasteiger partial charge is 0.573 e. The molecule has 12 nitrogen and oxygen atoms in total. The van der Waals surface area contributed by atoms with E-state index < -0.39 is 33.9 Å². The number of halogens is 3. The fraction of sp³-hybridized carbons (Fsp3) is 0.160. The van der Waals surface area contributed by atoms with Crippen molar-refractivity contribution in [2.45, 2.75) is 24.7 Å². The number of nitrogens with one attached hydrogen (secondary N) is 3. The quantitative estimate of drug-likeness (QED) is 0.259. The van der Waals surface area contributed by atoms with E-state index in [2.05, 4.69) is 36.0 Å². The van der Waals surface area contributed by atoms with Crippen LogP contribution < -0.4 is 20.3 Å². The van der Waals surface area contributed by atoms with Gasteiger partial charge in [0.2, 0.25) is 0 Å². The number of H-pyrrole nitrogens is 1. The second-order valence-corrected chi connectivity index (χ2v) is 10.7. The number of urea groups is 1. The summed E-state index contributed by atoms with van der Waals surface area (Å²) in [6.45, 7) is 1.43. The van der Waals surface area contributed by atoms with E-state index in [-0.39, 0.29) is 40.1 Å². The lowest BCUT2D eigenvalue weighted by Crippen LogP contribution is -2.34. The van der Waals surface area contributed by atoms with Gasteiger partial charge in [-0.1, -0.05) is 30.2 Å². The molecule has 0 bridgehead atoms. The fourth-order valence-electron chi connectivity index (χ4n) is 3.57. The summed E-state index contributed by atoms with van der Waals surface area (Å²) in [5.41, 5.74) is 1.24. The first-order chi connectivity index (χ1) is 19.4. The highest BCUT2D eigenvalue weighted by atomic mass is 32.2. The number of hydrogen-bond donors (Lipinski definition) is 3. The van der Waals surface area contributed by atoms with E-state index in [4.69, 9.17) is 0 Å². The number of rotatable bonds is 9. The summed E-state index contributed by atoms with van der Waals surface area (Å²) in [5, 5.41) is 17.9. The Balaban J connectivity index is 1.58. The molecule has 0 saturated heterocycles. The van der Waals surface area contributed by atoms with E-state index >= 15 is 0 Å². The van der Waals surface area contributed by atoms with Crippen LogP contribution in [0.2, 0.25) is 0 Å². The standard InChI is InChI=1S/C25H22F3N7O5S/c1-2-41(38,39)21-5-3-4-18(14-21)29-24(37)35(19-10-12-20(13-11-19)40-25(26,27)28)15-16-6-8-17(9-7-16)22(36)30-23-31-33-34-32-23/h3-14H,2,15H2,1H3,(H,29,37)(H2,30,31,32,33,34,36). The summed E-state index contributed by atoms with van der Waals surface area (Å²) in [4.78, 5) is 27.0. The number of tetrazole rings is 1. The summed E-state index contributed by atoms with van der Waals surface area (Å²) >= 11 is 0. The van der Waals surface area contributed by atoms with Gasteiger partial charge in [0.05, 0.1) is 17.2 Å². The first kappa shape index (κ1) is 29.0. The molecule has 3 N–H and O–H groups in total. The molecule has 4 aromatic rings. The minimum absolute atomic E-state index is 0.0179. The number of amides is 3. The molecule has 0 aliphatic heterocycles. The number of carbonyl (C=O) groups is 2. The monoisotopic (exact) mass is 589 g/mol. The van der Waals surface area contributed by atoms with Crippen LogP contribution >= 0.6 is 0 Å². The van der Waals surface area contributed by atoms with Crippen LogP contribution in [0.4, 0.5) is 35.3 Å². The van der Waals surface area contributed by atoms with Gasteiger partial charge in [-0.25, -0.2) is 13.2 Å². The van der Waals surface area contributed by atoms with Crippen molar-refractivity contribution < 1.29 is 35.9 Å². The molecule has 0 aliphatic carbocycles. The van der Waals surface area contributed by atoms with E-state index in [1.807, 2.05) is 0 Å². The molecule has 1 aromatic heterocycles. The Bertz CT molecular complexity index is 1610. The van der Waals surface area contributed by atoms with E-state index in [1.165, 1.54) is 60.4 Å². The highest BCUT2D eigenvalue weighted by Crippen LogP contribution is 2.27. The maximum Gasteiger partial charge on any atom is 0.573 e. The molecule has 0 fully saturated rings. The highest BCUT2D eigenvalue weighted by Gasteiger charge is 2.31. The molecule has 4 rings (SSSR count). The zero-order valence-corrected chi connectivity index (χ0v) is 22.0. The smallest absolute Gasteiger partial charge is 0.406 e. The number of ether oxygens (including phenoxy) is 1. The Hall–Kier alpha value is -4.99. The van der Waals surface area contributed by atoms with E-state index in [1.54, 1.807) is 12.1 Å². The summed E-state index contributed by atoms with van der Waals surface area (Å²) in [7, 11) is -3.54. The van der Waals surface area contributed by atoms with Crippen LogP contribution in [0.25, 0.3) is 0 Å². The molecule has 3 aromatic carbocycles. The maximum absolute atomic E-state index is 13.4. The van der Waals surface area contributed by atoms with Crippen LogP contribution in [0.15, 0.2) is 77.7 Å². The minimum atomic E-state index is -4.89. The topological polar surface area (TPSA) is 159 Å². The molecule has 0 radical (unpaired) electrons. The molecule has 16 heteroatoms. The molecule has 0 saturated carbocycles. The number of aromatic nitrogens is 4. The van der Waals surface area contributed by atoms with E-state index in [0.717, 1.165) is 12.1 Å². The van der Waals surface area contributed by atoms with E-state index in [9.17, 15) is 31.2 Å². The number of benzene rings is 3. The Morgan fingerprint density at radius 2 is 1.71 bits per heavy atom. The Kier molecular flexibility index (Phi) is 8.51. The van der Waals surface area contributed by atoms with Crippen LogP contribution in [-0.2, 0) is 16.4 Å². The third-order valence-electron chi connectivity index (χ3n) is 5.58. The van der Waals surface area contributed by atoms with Crippen LogP contribution in [0.1, 0.15) is 22.8 Å². The second kappa shape index (κ2) is 12.0. The zero-order chi connectivity index (χ0) is 29.6. The lowest BCUT2D eigenvalue weighted by atomic mass is 10.1. The van der Waals surface area contributed by atoms with Gasteiger partial charge < -0.3 is 10.1 Å². The molecular formula is C25H22F3N7O5S. The van der Waals surface area contributed by atoms with Crippen molar-refractivity contribution in [2.75, 3.05) is 21.3 Å². The van der Waals surface area contributed by atoms with Crippen molar-refractivity contribution in [2.24, 2.45) is 0 Å². The second-order valence-electron chi connectivity index (χ2n) is 8.38. The van der Waals surface area contributed by atoms with Gasteiger partial charge in [0.25, 0.3) is 11.9 Å². The van der Waals surface area contributed by atoms with Gasteiger partial charge in [0.1, 0.15) is 5.75 Å². The number of aromatic amines is 1. The lowest BCUT2D eigenvalue weighted by Gasteiger charge is -2.24. The molecule has 214 valence electrons. The van der Waals surface area contributed by atoms with Crippen molar-refractivity contribution in [3.63, 3.8) is 0 Å². The van der Waals surface area contributed by atoms with Gasteiger partial charge in [-0.3, -0.25) is 15.0 Å². The molecule has 41 heavy (non-hydrogen) atoms. The fourth-order valence-corrected chi connectivity index (χ4v) is 4.49. The molecule has 0 atom stereocenters. The molecule has 0 spiro atoms. The van der Waals surface area contributed by atoms with Crippen LogP contribution in [0, 0.1) is 0 Å². The average Bonchev–Trinajstić information content (AvgIpc) is 3.45. The van der Waals surface area contributed by atoms with Crippen LogP contribution in [0.3, 0.4) is 0 Å². The summed E-state index contributed by atoms with van der Waals surface area (Å²) in [6, 6.07) is 15.8. The average molecular weight is 590 g/mol. The highest BCUT2D eigenvalue weighted by molar-refractivity contribution is 7.91. The molecule has 3 amide bonds. The first-order valence-electron chi connectivity index (χ1n) is 11.8. The molecule has 1 heterocycles. The van der Waals surface area contributed by atoms with Crippen molar-refractivity contribution in [3.05, 3.63) is 83.9 Å². The zero-order valence-electron chi connectivity index (χ0n) is 21.2. The molecule has 0 aliphatic rings. The number of sulfone groups is 1. The van der Waals surface area contributed by atoms with Crippen molar-refractivity contribution in [3.8, 4) is 5.75 Å². The molecular weight excluding hydrogens is 567 g/mol. The number of anilines is 3. The van der Waals surface area contributed by atoms with Gasteiger partial charge in [-0.2, -0.15) is 5.21 Å². The van der Waals surface area contributed by atoms with Gasteiger partial charge in [-0.05, 0) is 65.4 Å². The van der Waals surface area contributed by atoms with E-state index in [0.29, 0.717) is 5.56 Å². The Morgan fingerprint density at radius 1 is 1.00 bits per heavy atom. The first-order valence-corrected chi connectivity index (χ1v) is 13.5. The summed E-state index contributed by atoms with van der Waals surface area (Å²) in [6.07, 6.45) is -4.89. The Morgan fingerprint density at radius 3 is 2.32 bits per heavy atom. The van der Waals surface area contributed by atoms with Gasteiger partial charge in [0, 0.05) is 16.9 Å².